The summed E-state index contributed by atoms with van der Waals surface area (Å²) in [6.45, 7) is 9.71. The Hall–Kier alpha value is -1.75. The fourth-order valence-corrected chi connectivity index (χ4v) is 2.57. The van der Waals surface area contributed by atoms with Gasteiger partial charge in [-0.05, 0) is 26.2 Å². The zero-order valence-electron chi connectivity index (χ0n) is 13.6. The van der Waals surface area contributed by atoms with Crippen molar-refractivity contribution in [3.05, 3.63) is 10.5 Å². The Morgan fingerprint density at radius 2 is 2.18 bits per heavy atom. The molecular weight excluding hydrogens is 302 g/mol. The molecule has 1 rings (SSSR count). The Morgan fingerprint density at radius 3 is 2.68 bits per heavy atom. The summed E-state index contributed by atoms with van der Waals surface area (Å²) in [5, 5.41) is 18.4. The van der Waals surface area contributed by atoms with Crippen LogP contribution in [-0.2, 0) is 11.3 Å². The SMILES string of the molecule is CCCn1c(S[C@@H](C)C(=O)N[C@@](C)(C#N)C(C)C)n[nH]c1=O. The lowest BCUT2D eigenvalue weighted by Gasteiger charge is -2.28. The van der Waals surface area contributed by atoms with E-state index in [1.807, 2.05) is 20.8 Å². The van der Waals surface area contributed by atoms with E-state index in [-0.39, 0.29) is 17.5 Å². The number of rotatable bonds is 7. The molecule has 1 aromatic heterocycles. The topological polar surface area (TPSA) is 104 Å². The molecule has 0 aliphatic rings. The zero-order valence-corrected chi connectivity index (χ0v) is 14.5. The molecule has 0 spiro atoms. The summed E-state index contributed by atoms with van der Waals surface area (Å²) in [5.41, 5.74) is -1.19. The van der Waals surface area contributed by atoms with Gasteiger partial charge in [-0.3, -0.25) is 9.36 Å². The predicted octanol–water partition coefficient (Wildman–Crippen LogP) is 1.52. The smallest absolute Gasteiger partial charge is 0.337 e. The Kier molecular flexibility index (Phi) is 6.23. The molecule has 0 aliphatic heterocycles. The van der Waals surface area contributed by atoms with Crippen LogP contribution in [0.2, 0.25) is 0 Å². The fourth-order valence-electron chi connectivity index (χ4n) is 1.68. The standard InChI is InChI=1S/C14H23N5O2S/c1-6-7-19-12(21)17-18-13(19)22-10(4)11(20)16-14(5,8-15)9(2)3/h9-10H,6-7H2,1-5H3,(H,16,20)(H,17,21)/t10-,14-/m0/s1. The first-order chi connectivity index (χ1) is 10.2. The molecule has 0 bridgehead atoms. The molecular formula is C14H23N5O2S. The van der Waals surface area contributed by atoms with Crippen LogP contribution in [0, 0.1) is 17.2 Å². The number of nitrogens with zero attached hydrogens (tertiary/aromatic N) is 3. The first-order valence-corrected chi connectivity index (χ1v) is 8.18. The van der Waals surface area contributed by atoms with Gasteiger partial charge in [0.05, 0.1) is 11.3 Å². The maximum Gasteiger partial charge on any atom is 0.343 e. The number of amides is 1. The highest BCUT2D eigenvalue weighted by molar-refractivity contribution is 8.00. The van der Waals surface area contributed by atoms with Crippen LogP contribution in [0.4, 0.5) is 0 Å². The highest BCUT2D eigenvalue weighted by Crippen LogP contribution is 2.22. The molecule has 2 atom stereocenters. The lowest BCUT2D eigenvalue weighted by atomic mass is 9.90. The van der Waals surface area contributed by atoms with E-state index in [0.29, 0.717) is 11.7 Å². The van der Waals surface area contributed by atoms with Crippen LogP contribution < -0.4 is 11.0 Å². The molecule has 0 aliphatic carbocycles. The third-order valence-corrected chi connectivity index (χ3v) is 4.68. The molecule has 1 amide bonds. The van der Waals surface area contributed by atoms with Crippen LogP contribution in [0.15, 0.2) is 9.95 Å². The van der Waals surface area contributed by atoms with Crippen LogP contribution >= 0.6 is 11.8 Å². The number of nitrogens with one attached hydrogen (secondary N) is 2. The minimum atomic E-state index is -0.916. The van der Waals surface area contributed by atoms with Gasteiger partial charge in [0.25, 0.3) is 0 Å². The molecule has 0 unspecified atom stereocenters. The van der Waals surface area contributed by atoms with Crippen LogP contribution in [0.25, 0.3) is 0 Å². The van der Waals surface area contributed by atoms with E-state index in [0.717, 1.165) is 6.42 Å². The van der Waals surface area contributed by atoms with E-state index in [4.69, 9.17) is 0 Å². The summed E-state index contributed by atoms with van der Waals surface area (Å²) >= 11 is 1.20. The second-order valence-corrected chi connectivity index (χ2v) is 6.99. The summed E-state index contributed by atoms with van der Waals surface area (Å²) in [4.78, 5) is 23.9. The molecule has 2 N–H and O–H groups in total. The van der Waals surface area contributed by atoms with Crippen molar-refractivity contribution in [3.63, 3.8) is 0 Å². The minimum absolute atomic E-state index is 0.0118. The fraction of sp³-hybridized carbons (Fsp3) is 0.714. The van der Waals surface area contributed by atoms with Crippen molar-refractivity contribution < 1.29 is 4.79 Å². The van der Waals surface area contributed by atoms with E-state index >= 15 is 0 Å². The maximum absolute atomic E-state index is 12.3. The number of carbonyl (C=O) groups is 1. The molecule has 8 heteroatoms. The van der Waals surface area contributed by atoms with Crippen molar-refractivity contribution in [1.82, 2.24) is 20.1 Å². The van der Waals surface area contributed by atoms with Gasteiger partial charge in [-0.25, -0.2) is 9.89 Å². The Labute approximate surface area is 134 Å². The highest BCUT2D eigenvalue weighted by Gasteiger charge is 2.32. The van der Waals surface area contributed by atoms with E-state index < -0.39 is 10.8 Å². The zero-order chi connectivity index (χ0) is 16.9. The van der Waals surface area contributed by atoms with Gasteiger partial charge in [0, 0.05) is 6.54 Å². The van der Waals surface area contributed by atoms with Crippen molar-refractivity contribution in [3.8, 4) is 6.07 Å². The Morgan fingerprint density at radius 1 is 1.55 bits per heavy atom. The van der Waals surface area contributed by atoms with E-state index in [9.17, 15) is 14.9 Å². The number of aromatic nitrogens is 3. The largest absolute Gasteiger partial charge is 0.343 e. The minimum Gasteiger partial charge on any atom is -0.337 e. The van der Waals surface area contributed by atoms with Crippen molar-refractivity contribution in [2.45, 2.75) is 63.5 Å². The van der Waals surface area contributed by atoms with Gasteiger partial charge in [0.1, 0.15) is 5.54 Å². The van der Waals surface area contributed by atoms with Crippen LogP contribution in [0.1, 0.15) is 41.0 Å². The summed E-state index contributed by atoms with van der Waals surface area (Å²) < 4.78 is 1.51. The van der Waals surface area contributed by atoms with Crippen LogP contribution in [-0.4, -0.2) is 31.5 Å². The molecule has 1 aromatic rings. The number of hydrogen-bond donors (Lipinski definition) is 2. The highest BCUT2D eigenvalue weighted by atomic mass is 32.2. The summed E-state index contributed by atoms with van der Waals surface area (Å²) in [5.74, 6) is -0.261. The number of nitriles is 1. The Bertz CT molecular complexity index is 615. The van der Waals surface area contributed by atoms with Crippen molar-refractivity contribution in [2.75, 3.05) is 0 Å². The normalized spacial score (nSPS) is 15.1. The number of H-pyrrole nitrogens is 1. The molecule has 0 fully saturated rings. The third kappa shape index (κ3) is 4.13. The predicted molar refractivity (Wildman–Crippen MR) is 85.5 cm³/mol. The van der Waals surface area contributed by atoms with Crippen molar-refractivity contribution >= 4 is 17.7 Å². The lowest BCUT2D eigenvalue weighted by molar-refractivity contribution is -0.121. The van der Waals surface area contributed by atoms with E-state index in [1.54, 1.807) is 13.8 Å². The summed E-state index contributed by atoms with van der Waals surface area (Å²) in [7, 11) is 0. The Balaban J connectivity index is 2.81. The van der Waals surface area contributed by atoms with Gasteiger partial charge < -0.3 is 5.32 Å². The van der Waals surface area contributed by atoms with Gasteiger partial charge in [-0.15, -0.1) is 5.10 Å². The molecule has 0 saturated carbocycles. The average molecular weight is 325 g/mol. The molecule has 122 valence electrons. The van der Waals surface area contributed by atoms with Gasteiger partial charge in [0.15, 0.2) is 5.16 Å². The number of carbonyl (C=O) groups excluding carboxylic acids is 1. The number of aromatic amines is 1. The van der Waals surface area contributed by atoms with Crippen LogP contribution in [0.3, 0.4) is 0 Å². The van der Waals surface area contributed by atoms with E-state index in [1.165, 1.54) is 16.3 Å². The van der Waals surface area contributed by atoms with Crippen molar-refractivity contribution in [2.24, 2.45) is 5.92 Å². The first kappa shape index (κ1) is 18.3. The van der Waals surface area contributed by atoms with Crippen molar-refractivity contribution in [1.29, 1.82) is 5.26 Å². The summed E-state index contributed by atoms with van der Waals surface area (Å²) in [6.07, 6.45) is 0.799. The van der Waals surface area contributed by atoms with Gasteiger partial charge in [0.2, 0.25) is 5.91 Å². The molecule has 0 saturated heterocycles. The molecule has 0 aromatic carbocycles. The number of hydrogen-bond acceptors (Lipinski definition) is 5. The van der Waals surface area contributed by atoms with E-state index in [2.05, 4.69) is 21.6 Å². The van der Waals surface area contributed by atoms with Gasteiger partial charge in [-0.1, -0.05) is 32.5 Å². The van der Waals surface area contributed by atoms with Crippen LogP contribution in [0.5, 0.6) is 0 Å². The lowest BCUT2D eigenvalue weighted by Crippen LogP contribution is -2.51. The molecule has 1 heterocycles. The first-order valence-electron chi connectivity index (χ1n) is 7.30. The van der Waals surface area contributed by atoms with Gasteiger partial charge in [-0.2, -0.15) is 5.26 Å². The monoisotopic (exact) mass is 325 g/mol. The maximum atomic E-state index is 12.3. The molecule has 22 heavy (non-hydrogen) atoms. The second-order valence-electron chi connectivity index (χ2n) is 5.68. The molecule has 0 radical (unpaired) electrons. The second kappa shape index (κ2) is 7.49. The quantitative estimate of drug-likeness (QED) is 0.740. The number of thioether (sulfide) groups is 1. The average Bonchev–Trinajstić information content (AvgIpc) is 2.80. The summed E-state index contributed by atoms with van der Waals surface area (Å²) in [6, 6.07) is 2.15. The molecule has 7 nitrogen and oxygen atoms in total. The van der Waals surface area contributed by atoms with Gasteiger partial charge >= 0.3 is 5.69 Å². The third-order valence-electron chi connectivity index (χ3n) is 3.59.